The number of nitrogens with zero attached hydrogens (tertiary/aromatic N) is 1. The van der Waals surface area contributed by atoms with E-state index in [1.807, 2.05) is 12.4 Å². The van der Waals surface area contributed by atoms with Crippen molar-refractivity contribution < 1.29 is 0 Å². The van der Waals surface area contributed by atoms with Gasteiger partial charge in [-0.2, -0.15) is 0 Å². The summed E-state index contributed by atoms with van der Waals surface area (Å²) in [6, 6.07) is 9.61. The minimum absolute atomic E-state index is 0.333. The third kappa shape index (κ3) is 2.18. The number of benzene rings is 1. The molecule has 0 saturated carbocycles. The minimum atomic E-state index is 0.333. The van der Waals surface area contributed by atoms with E-state index in [0.29, 0.717) is 12.1 Å². The molecule has 0 amide bonds. The van der Waals surface area contributed by atoms with Crippen molar-refractivity contribution in [1.82, 2.24) is 15.3 Å². The lowest BCUT2D eigenvalue weighted by Crippen LogP contribution is -2.33. The number of H-pyrrole nitrogens is 1. The van der Waals surface area contributed by atoms with Crippen molar-refractivity contribution in [3.63, 3.8) is 0 Å². The first-order chi connectivity index (χ1) is 8.86. The molecule has 0 aliphatic heterocycles. The molecule has 94 valence electrons. The van der Waals surface area contributed by atoms with Crippen LogP contribution >= 0.6 is 0 Å². The Morgan fingerprint density at radius 1 is 1.33 bits per heavy atom. The summed E-state index contributed by atoms with van der Waals surface area (Å²) in [6.07, 6.45) is 7.03. The van der Waals surface area contributed by atoms with Crippen LogP contribution in [0.25, 0.3) is 0 Å². The molecule has 1 aliphatic carbocycles. The molecule has 0 radical (unpaired) electrons. The average Bonchev–Trinajstić information content (AvgIpc) is 3.04. The molecule has 1 aliphatic rings. The molecular formula is C15H19N3. The van der Waals surface area contributed by atoms with Crippen LogP contribution in [0.5, 0.6) is 0 Å². The van der Waals surface area contributed by atoms with Crippen molar-refractivity contribution in [3.05, 3.63) is 53.6 Å². The maximum atomic E-state index is 4.36. The van der Waals surface area contributed by atoms with Crippen molar-refractivity contribution in [2.24, 2.45) is 0 Å². The van der Waals surface area contributed by atoms with Crippen molar-refractivity contribution in [2.45, 2.75) is 38.3 Å². The summed E-state index contributed by atoms with van der Waals surface area (Å²) in [5.74, 6) is 1.05. The highest BCUT2D eigenvalue weighted by atomic mass is 15.0. The van der Waals surface area contributed by atoms with Crippen LogP contribution in [-0.2, 0) is 12.8 Å². The van der Waals surface area contributed by atoms with Crippen LogP contribution in [0.1, 0.15) is 36.3 Å². The van der Waals surface area contributed by atoms with Crippen molar-refractivity contribution >= 4 is 0 Å². The maximum absolute atomic E-state index is 4.36. The molecule has 2 N–H and O–H groups in total. The molecule has 3 rings (SSSR count). The highest BCUT2D eigenvalue weighted by Gasteiger charge is 2.24. The van der Waals surface area contributed by atoms with E-state index in [1.165, 1.54) is 11.1 Å². The number of aromatic amines is 1. The standard InChI is InChI=1S/C15H19N3/c1-2-14(15-16-7-8-17-15)18-13-9-11-5-3-4-6-12(11)10-13/h3-8,13-14,18H,2,9-10H2,1H3,(H,16,17). The molecule has 0 spiro atoms. The Hall–Kier alpha value is -1.61. The van der Waals surface area contributed by atoms with Gasteiger partial charge in [0.15, 0.2) is 0 Å². The van der Waals surface area contributed by atoms with Crippen molar-refractivity contribution in [2.75, 3.05) is 0 Å². The maximum Gasteiger partial charge on any atom is 0.123 e. The second kappa shape index (κ2) is 4.94. The molecule has 2 aromatic rings. The first-order valence-electron chi connectivity index (χ1n) is 6.69. The van der Waals surface area contributed by atoms with E-state index >= 15 is 0 Å². The fourth-order valence-electron chi connectivity index (χ4n) is 2.82. The third-order valence-electron chi connectivity index (χ3n) is 3.75. The van der Waals surface area contributed by atoms with Gasteiger partial charge in [-0.25, -0.2) is 4.98 Å². The van der Waals surface area contributed by atoms with Gasteiger partial charge in [0.05, 0.1) is 6.04 Å². The van der Waals surface area contributed by atoms with E-state index in [9.17, 15) is 0 Å². The highest BCUT2D eigenvalue weighted by Crippen LogP contribution is 2.24. The fourth-order valence-corrected chi connectivity index (χ4v) is 2.82. The summed E-state index contributed by atoms with van der Waals surface area (Å²) in [5, 5.41) is 3.72. The fraction of sp³-hybridized carbons (Fsp3) is 0.400. The van der Waals surface area contributed by atoms with Crippen LogP contribution in [-0.4, -0.2) is 16.0 Å². The Kier molecular flexibility index (Phi) is 3.15. The van der Waals surface area contributed by atoms with Crippen LogP contribution in [0.2, 0.25) is 0 Å². The van der Waals surface area contributed by atoms with Crippen LogP contribution in [0.15, 0.2) is 36.7 Å². The number of rotatable bonds is 4. The van der Waals surface area contributed by atoms with E-state index in [1.54, 1.807) is 0 Å². The number of hydrogen-bond donors (Lipinski definition) is 2. The SMILES string of the molecule is CCC(NC1Cc2ccccc2C1)c1ncc[nH]1. The molecule has 18 heavy (non-hydrogen) atoms. The van der Waals surface area contributed by atoms with Gasteiger partial charge in [-0.05, 0) is 30.4 Å². The monoisotopic (exact) mass is 241 g/mol. The Morgan fingerprint density at radius 2 is 2.06 bits per heavy atom. The van der Waals surface area contributed by atoms with Crippen molar-refractivity contribution in [1.29, 1.82) is 0 Å². The molecule has 3 nitrogen and oxygen atoms in total. The normalized spacial score (nSPS) is 16.7. The van der Waals surface area contributed by atoms with Gasteiger partial charge in [0.2, 0.25) is 0 Å². The van der Waals surface area contributed by atoms with Gasteiger partial charge in [-0.3, -0.25) is 0 Å². The Bertz CT molecular complexity index is 479. The first-order valence-corrected chi connectivity index (χ1v) is 6.69. The number of hydrogen-bond acceptors (Lipinski definition) is 2. The number of imidazole rings is 1. The number of aromatic nitrogens is 2. The average molecular weight is 241 g/mol. The van der Waals surface area contributed by atoms with Gasteiger partial charge < -0.3 is 10.3 Å². The predicted octanol–water partition coefficient (Wildman–Crippen LogP) is 2.62. The highest BCUT2D eigenvalue weighted by molar-refractivity contribution is 5.33. The van der Waals surface area contributed by atoms with Gasteiger partial charge in [-0.15, -0.1) is 0 Å². The Balaban J connectivity index is 1.68. The number of nitrogens with one attached hydrogen (secondary N) is 2. The summed E-state index contributed by atoms with van der Waals surface area (Å²) in [7, 11) is 0. The summed E-state index contributed by atoms with van der Waals surface area (Å²) in [4.78, 5) is 7.57. The zero-order valence-corrected chi connectivity index (χ0v) is 10.7. The lowest BCUT2D eigenvalue weighted by atomic mass is 10.1. The first kappa shape index (κ1) is 11.5. The Labute approximate surface area is 108 Å². The molecule has 0 saturated heterocycles. The number of fused-ring (bicyclic) bond motifs is 1. The van der Waals surface area contributed by atoms with E-state index in [-0.39, 0.29) is 0 Å². The van der Waals surface area contributed by atoms with E-state index in [0.717, 1.165) is 25.1 Å². The van der Waals surface area contributed by atoms with E-state index < -0.39 is 0 Å². The molecule has 1 aromatic heterocycles. The molecule has 0 bridgehead atoms. The minimum Gasteiger partial charge on any atom is -0.347 e. The zero-order chi connectivity index (χ0) is 12.4. The second-order valence-electron chi connectivity index (χ2n) is 4.98. The molecule has 1 unspecified atom stereocenters. The molecule has 1 atom stereocenters. The third-order valence-corrected chi connectivity index (χ3v) is 3.75. The lowest BCUT2D eigenvalue weighted by molar-refractivity contribution is 0.422. The predicted molar refractivity (Wildman–Crippen MR) is 72.4 cm³/mol. The largest absolute Gasteiger partial charge is 0.347 e. The van der Waals surface area contributed by atoms with Gasteiger partial charge in [0.1, 0.15) is 5.82 Å². The van der Waals surface area contributed by atoms with Crippen LogP contribution in [0.3, 0.4) is 0 Å². The van der Waals surface area contributed by atoms with E-state index in [4.69, 9.17) is 0 Å². The van der Waals surface area contributed by atoms with Gasteiger partial charge in [0, 0.05) is 18.4 Å². The molecule has 3 heteroatoms. The second-order valence-corrected chi connectivity index (χ2v) is 4.98. The summed E-state index contributed by atoms with van der Waals surface area (Å²) in [5.41, 5.74) is 2.98. The summed E-state index contributed by atoms with van der Waals surface area (Å²) < 4.78 is 0. The van der Waals surface area contributed by atoms with Crippen molar-refractivity contribution in [3.8, 4) is 0 Å². The molecule has 0 fully saturated rings. The molecule has 1 aromatic carbocycles. The van der Waals surface area contributed by atoms with Crippen LogP contribution in [0.4, 0.5) is 0 Å². The Morgan fingerprint density at radius 3 is 2.61 bits per heavy atom. The van der Waals surface area contributed by atoms with Crippen LogP contribution in [0, 0.1) is 0 Å². The van der Waals surface area contributed by atoms with Gasteiger partial charge >= 0.3 is 0 Å². The van der Waals surface area contributed by atoms with E-state index in [2.05, 4.69) is 46.5 Å². The summed E-state index contributed by atoms with van der Waals surface area (Å²) >= 11 is 0. The van der Waals surface area contributed by atoms with Crippen LogP contribution < -0.4 is 5.32 Å². The topological polar surface area (TPSA) is 40.7 Å². The zero-order valence-electron chi connectivity index (χ0n) is 10.7. The van der Waals surface area contributed by atoms with Gasteiger partial charge in [-0.1, -0.05) is 31.2 Å². The molecular weight excluding hydrogens is 222 g/mol. The lowest BCUT2D eigenvalue weighted by Gasteiger charge is -2.19. The quantitative estimate of drug-likeness (QED) is 0.864. The summed E-state index contributed by atoms with van der Waals surface area (Å²) in [6.45, 7) is 2.20. The molecule has 1 heterocycles. The van der Waals surface area contributed by atoms with Gasteiger partial charge in [0.25, 0.3) is 0 Å². The smallest absolute Gasteiger partial charge is 0.123 e.